The van der Waals surface area contributed by atoms with Crippen LogP contribution in [0.2, 0.25) is 0 Å². The topological polar surface area (TPSA) is 90.0 Å². The normalized spacial score (nSPS) is 11.2. The van der Waals surface area contributed by atoms with E-state index in [4.69, 9.17) is 5.21 Å². The average Bonchev–Trinajstić information content (AvgIpc) is 3.07. The van der Waals surface area contributed by atoms with Crippen LogP contribution in [-0.4, -0.2) is 27.6 Å². The summed E-state index contributed by atoms with van der Waals surface area (Å²) in [5, 5.41) is 11.9. The first-order valence-corrected chi connectivity index (χ1v) is 8.09. The highest BCUT2D eigenvalue weighted by Crippen LogP contribution is 2.15. The Balaban J connectivity index is 1.47. The van der Waals surface area contributed by atoms with Crippen LogP contribution in [0.3, 0.4) is 0 Å². The molecule has 3 aromatic rings. The van der Waals surface area contributed by atoms with Crippen LogP contribution in [0.4, 0.5) is 0 Å². The van der Waals surface area contributed by atoms with Gasteiger partial charge in [-0.2, -0.15) is 0 Å². The summed E-state index contributed by atoms with van der Waals surface area (Å²) in [6, 6.07) is 11.8. The number of hydrogen-bond donors (Lipinski definition) is 4. The molecule has 3 rings (SSSR count). The average molecular weight is 336 g/mol. The van der Waals surface area contributed by atoms with Crippen molar-refractivity contribution in [3.05, 3.63) is 71.6 Å². The van der Waals surface area contributed by atoms with Crippen LogP contribution in [0.5, 0.6) is 0 Å². The van der Waals surface area contributed by atoms with Gasteiger partial charge in [0.15, 0.2) is 0 Å². The van der Waals surface area contributed by atoms with E-state index in [1.54, 1.807) is 11.6 Å². The maximum absolute atomic E-state index is 10.9. The molecule has 0 fully saturated rings. The molecule has 0 bridgehead atoms. The molecule has 0 unspecified atom stereocenters. The molecule has 1 aromatic carbocycles. The molecule has 6 heteroatoms. The zero-order valence-corrected chi connectivity index (χ0v) is 13.7. The number of nitrogens with one attached hydrogen (secondary N) is 3. The predicted molar refractivity (Wildman–Crippen MR) is 96.9 cm³/mol. The number of aromatic amines is 1. The molecule has 6 nitrogen and oxygen atoms in total. The molecule has 0 spiro atoms. The fourth-order valence-corrected chi connectivity index (χ4v) is 2.61. The van der Waals surface area contributed by atoms with E-state index in [0.29, 0.717) is 0 Å². The Hall–Kier alpha value is -2.96. The van der Waals surface area contributed by atoms with E-state index in [2.05, 4.69) is 15.3 Å². The van der Waals surface area contributed by atoms with Gasteiger partial charge in [-0.25, -0.2) is 5.48 Å². The Labute approximate surface area is 145 Å². The second-order valence-corrected chi connectivity index (χ2v) is 5.69. The third kappa shape index (κ3) is 4.53. The van der Waals surface area contributed by atoms with Gasteiger partial charge in [-0.3, -0.25) is 15.0 Å². The number of hydroxylamine groups is 1. The Morgan fingerprint density at radius 1 is 1.24 bits per heavy atom. The van der Waals surface area contributed by atoms with Gasteiger partial charge in [-0.15, -0.1) is 0 Å². The number of hydrogen-bond acceptors (Lipinski definition) is 4. The van der Waals surface area contributed by atoms with Gasteiger partial charge >= 0.3 is 0 Å². The van der Waals surface area contributed by atoms with Crippen molar-refractivity contribution < 1.29 is 10.0 Å². The van der Waals surface area contributed by atoms with E-state index in [-0.39, 0.29) is 0 Å². The molecule has 2 heterocycles. The Morgan fingerprint density at radius 2 is 2.08 bits per heavy atom. The Bertz CT molecular complexity index is 869. The Morgan fingerprint density at radius 3 is 2.88 bits per heavy atom. The highest BCUT2D eigenvalue weighted by molar-refractivity contribution is 5.90. The molecular formula is C19H20N4O2. The SMILES string of the molecule is O=C(/C=C/c1ccc(CNCCc2c[nH]c3cccnc23)cc1)NO. The number of pyridine rings is 1. The van der Waals surface area contributed by atoms with Crippen molar-refractivity contribution in [3.63, 3.8) is 0 Å². The molecule has 1 amide bonds. The van der Waals surface area contributed by atoms with E-state index in [1.165, 1.54) is 17.2 Å². The van der Waals surface area contributed by atoms with Crippen molar-refractivity contribution in [1.29, 1.82) is 0 Å². The second kappa shape index (κ2) is 8.23. The number of fused-ring (bicyclic) bond motifs is 1. The van der Waals surface area contributed by atoms with E-state index in [0.717, 1.165) is 36.1 Å². The summed E-state index contributed by atoms with van der Waals surface area (Å²) in [6.45, 7) is 1.64. The first-order valence-electron chi connectivity index (χ1n) is 8.09. The third-order valence-electron chi connectivity index (χ3n) is 3.93. The summed E-state index contributed by atoms with van der Waals surface area (Å²) in [4.78, 5) is 18.6. The fourth-order valence-electron chi connectivity index (χ4n) is 2.61. The minimum atomic E-state index is -0.544. The zero-order chi connectivity index (χ0) is 17.5. The summed E-state index contributed by atoms with van der Waals surface area (Å²) in [5.41, 5.74) is 6.94. The van der Waals surface area contributed by atoms with Crippen molar-refractivity contribution >= 4 is 23.0 Å². The van der Waals surface area contributed by atoms with E-state index in [1.807, 2.05) is 48.8 Å². The molecular weight excluding hydrogens is 316 g/mol. The van der Waals surface area contributed by atoms with Gasteiger partial charge in [0.05, 0.1) is 11.0 Å². The molecule has 0 radical (unpaired) electrons. The largest absolute Gasteiger partial charge is 0.360 e. The minimum Gasteiger partial charge on any atom is -0.360 e. The zero-order valence-electron chi connectivity index (χ0n) is 13.7. The molecule has 128 valence electrons. The molecule has 2 aromatic heterocycles. The van der Waals surface area contributed by atoms with Gasteiger partial charge in [-0.05, 0) is 47.9 Å². The molecule has 0 atom stereocenters. The maximum Gasteiger partial charge on any atom is 0.267 e. The Kier molecular flexibility index (Phi) is 5.56. The number of rotatable bonds is 7. The van der Waals surface area contributed by atoms with Crippen molar-refractivity contribution in [1.82, 2.24) is 20.8 Å². The lowest BCUT2D eigenvalue weighted by molar-refractivity contribution is -0.124. The van der Waals surface area contributed by atoms with Crippen molar-refractivity contribution in [2.24, 2.45) is 0 Å². The molecule has 0 saturated carbocycles. The van der Waals surface area contributed by atoms with Crippen LogP contribution in [0.15, 0.2) is 54.9 Å². The highest BCUT2D eigenvalue weighted by atomic mass is 16.5. The van der Waals surface area contributed by atoms with E-state index in [9.17, 15) is 4.79 Å². The first-order chi connectivity index (χ1) is 12.3. The van der Waals surface area contributed by atoms with E-state index < -0.39 is 5.91 Å². The lowest BCUT2D eigenvalue weighted by Crippen LogP contribution is -2.16. The molecule has 4 N–H and O–H groups in total. The van der Waals surface area contributed by atoms with Gasteiger partial charge in [0, 0.05) is 25.0 Å². The van der Waals surface area contributed by atoms with Crippen molar-refractivity contribution in [2.45, 2.75) is 13.0 Å². The van der Waals surface area contributed by atoms with Crippen LogP contribution in [0.25, 0.3) is 17.1 Å². The second-order valence-electron chi connectivity index (χ2n) is 5.69. The molecule has 0 aliphatic rings. The fraction of sp³-hybridized carbons (Fsp3) is 0.158. The summed E-state index contributed by atoms with van der Waals surface area (Å²) in [7, 11) is 0. The third-order valence-corrected chi connectivity index (χ3v) is 3.93. The lowest BCUT2D eigenvalue weighted by Gasteiger charge is -2.05. The number of H-pyrrole nitrogens is 1. The molecule has 25 heavy (non-hydrogen) atoms. The smallest absolute Gasteiger partial charge is 0.267 e. The lowest BCUT2D eigenvalue weighted by atomic mass is 10.1. The van der Waals surface area contributed by atoms with Crippen molar-refractivity contribution in [2.75, 3.05) is 6.54 Å². The van der Waals surface area contributed by atoms with Crippen LogP contribution < -0.4 is 10.8 Å². The molecule has 0 aliphatic carbocycles. The number of carbonyl (C=O) groups excluding carboxylic acids is 1. The molecule has 0 aliphatic heterocycles. The van der Waals surface area contributed by atoms with Gasteiger partial charge in [0.25, 0.3) is 5.91 Å². The summed E-state index contributed by atoms with van der Waals surface area (Å²) < 4.78 is 0. The highest BCUT2D eigenvalue weighted by Gasteiger charge is 2.03. The standard InChI is InChI=1S/C19H20N4O2/c24-18(23-25)8-7-14-3-5-15(6-4-14)12-20-11-9-16-13-22-17-2-1-10-21-19(16)17/h1-8,10,13,20,22,25H,9,11-12H2,(H,23,24)/b8-7+. The quantitative estimate of drug-likeness (QED) is 0.231. The number of aromatic nitrogens is 2. The van der Waals surface area contributed by atoms with Gasteiger partial charge in [0.1, 0.15) is 0 Å². The summed E-state index contributed by atoms with van der Waals surface area (Å²) in [6.07, 6.45) is 7.67. The van der Waals surface area contributed by atoms with Gasteiger partial charge in [0.2, 0.25) is 0 Å². The van der Waals surface area contributed by atoms with Gasteiger partial charge < -0.3 is 10.3 Å². The summed E-state index contributed by atoms with van der Waals surface area (Å²) >= 11 is 0. The number of carbonyl (C=O) groups is 1. The first kappa shape index (κ1) is 16.9. The monoisotopic (exact) mass is 336 g/mol. The van der Waals surface area contributed by atoms with Crippen molar-refractivity contribution in [3.8, 4) is 0 Å². The maximum atomic E-state index is 10.9. The van der Waals surface area contributed by atoms with Crippen LogP contribution in [-0.2, 0) is 17.8 Å². The summed E-state index contributed by atoms with van der Waals surface area (Å²) in [5.74, 6) is -0.544. The van der Waals surface area contributed by atoms with E-state index >= 15 is 0 Å². The van der Waals surface area contributed by atoms with Crippen LogP contribution >= 0.6 is 0 Å². The van der Waals surface area contributed by atoms with Crippen LogP contribution in [0.1, 0.15) is 16.7 Å². The number of nitrogens with zero attached hydrogens (tertiary/aromatic N) is 1. The van der Waals surface area contributed by atoms with Crippen LogP contribution in [0, 0.1) is 0 Å². The number of benzene rings is 1. The molecule has 0 saturated heterocycles. The minimum absolute atomic E-state index is 0.544. The predicted octanol–water partition coefficient (Wildman–Crippen LogP) is 2.41. The van der Waals surface area contributed by atoms with Gasteiger partial charge in [-0.1, -0.05) is 24.3 Å². The number of amides is 1.